The number of para-hydroxylation sites is 1. The fraction of sp³-hybridized carbons (Fsp3) is 0.250. The topological polar surface area (TPSA) is 62.3 Å². The minimum Gasteiger partial charge on any atom is -0.371 e. The van der Waals surface area contributed by atoms with Crippen LogP contribution in [0.15, 0.2) is 65.0 Å². The summed E-state index contributed by atoms with van der Waals surface area (Å²) in [6.45, 7) is 2.13. The summed E-state index contributed by atoms with van der Waals surface area (Å²) in [4.78, 5) is 6.50. The molecule has 0 spiro atoms. The SMILES string of the molecule is O=S(=O)(NC[C@@H]1CCN(c2ccccc2)C1)c1csc(-c2ccc(F)cc2)n1. The van der Waals surface area contributed by atoms with Gasteiger partial charge in [-0.25, -0.2) is 22.5 Å². The van der Waals surface area contributed by atoms with Crippen molar-refractivity contribution in [1.82, 2.24) is 9.71 Å². The maximum Gasteiger partial charge on any atom is 0.258 e. The normalized spacial score (nSPS) is 17.2. The molecule has 1 fully saturated rings. The Balaban J connectivity index is 1.38. The predicted molar refractivity (Wildman–Crippen MR) is 109 cm³/mol. The van der Waals surface area contributed by atoms with Crippen molar-refractivity contribution in [3.63, 3.8) is 0 Å². The summed E-state index contributed by atoms with van der Waals surface area (Å²) in [5.41, 5.74) is 1.86. The van der Waals surface area contributed by atoms with Crippen LogP contribution in [0.1, 0.15) is 6.42 Å². The molecule has 0 radical (unpaired) electrons. The van der Waals surface area contributed by atoms with Crippen molar-refractivity contribution in [2.45, 2.75) is 11.4 Å². The lowest BCUT2D eigenvalue weighted by atomic mass is 10.1. The fourth-order valence-corrected chi connectivity index (χ4v) is 5.49. The van der Waals surface area contributed by atoms with Gasteiger partial charge in [-0.05, 0) is 48.7 Å². The smallest absolute Gasteiger partial charge is 0.258 e. The summed E-state index contributed by atoms with van der Waals surface area (Å²) in [7, 11) is -3.67. The molecule has 0 aliphatic carbocycles. The molecule has 8 heteroatoms. The molecule has 1 atom stereocenters. The van der Waals surface area contributed by atoms with Gasteiger partial charge in [-0.3, -0.25) is 0 Å². The van der Waals surface area contributed by atoms with Crippen LogP contribution in [0.3, 0.4) is 0 Å². The molecule has 28 heavy (non-hydrogen) atoms. The van der Waals surface area contributed by atoms with Crippen molar-refractivity contribution in [1.29, 1.82) is 0 Å². The third-order valence-electron chi connectivity index (χ3n) is 4.82. The molecule has 1 aliphatic heterocycles. The van der Waals surface area contributed by atoms with E-state index in [1.54, 1.807) is 12.1 Å². The summed E-state index contributed by atoms with van der Waals surface area (Å²) < 4.78 is 40.9. The number of halogens is 1. The van der Waals surface area contributed by atoms with E-state index in [1.165, 1.54) is 28.8 Å². The van der Waals surface area contributed by atoms with Gasteiger partial charge in [-0.2, -0.15) is 0 Å². The maximum atomic E-state index is 13.1. The van der Waals surface area contributed by atoms with Crippen molar-refractivity contribution in [3.8, 4) is 10.6 Å². The largest absolute Gasteiger partial charge is 0.371 e. The van der Waals surface area contributed by atoms with Gasteiger partial charge < -0.3 is 4.90 Å². The van der Waals surface area contributed by atoms with E-state index in [9.17, 15) is 12.8 Å². The van der Waals surface area contributed by atoms with Gasteiger partial charge in [0, 0.05) is 36.3 Å². The molecule has 1 N–H and O–H groups in total. The molecule has 4 rings (SSSR count). The predicted octanol–water partition coefficient (Wildman–Crippen LogP) is 3.75. The zero-order chi connectivity index (χ0) is 19.6. The summed E-state index contributed by atoms with van der Waals surface area (Å²) in [6, 6.07) is 16.0. The second-order valence-electron chi connectivity index (χ2n) is 6.79. The monoisotopic (exact) mass is 417 g/mol. The number of nitrogens with zero attached hydrogens (tertiary/aromatic N) is 2. The zero-order valence-corrected chi connectivity index (χ0v) is 16.7. The maximum absolute atomic E-state index is 13.1. The van der Waals surface area contributed by atoms with E-state index in [0.717, 1.165) is 25.2 Å². The molecule has 0 saturated carbocycles. The minimum absolute atomic E-state index is 0.00902. The lowest BCUT2D eigenvalue weighted by Crippen LogP contribution is -2.31. The molecule has 1 aromatic heterocycles. The van der Waals surface area contributed by atoms with Gasteiger partial charge in [0.15, 0.2) is 5.03 Å². The fourth-order valence-electron chi connectivity index (χ4n) is 3.28. The number of nitrogens with one attached hydrogen (secondary N) is 1. The number of anilines is 1. The van der Waals surface area contributed by atoms with Crippen molar-refractivity contribution in [2.24, 2.45) is 5.92 Å². The molecular formula is C20H20FN3O2S2. The van der Waals surface area contributed by atoms with Gasteiger partial charge in [0.1, 0.15) is 10.8 Å². The zero-order valence-electron chi connectivity index (χ0n) is 15.1. The highest BCUT2D eigenvalue weighted by Crippen LogP contribution is 2.26. The number of rotatable bonds is 6. The first-order chi connectivity index (χ1) is 13.5. The Morgan fingerprint density at radius 2 is 1.89 bits per heavy atom. The Morgan fingerprint density at radius 3 is 2.64 bits per heavy atom. The third-order valence-corrected chi connectivity index (χ3v) is 7.17. The molecule has 2 heterocycles. The van der Waals surface area contributed by atoms with Crippen molar-refractivity contribution < 1.29 is 12.8 Å². The Morgan fingerprint density at radius 1 is 1.14 bits per heavy atom. The van der Waals surface area contributed by atoms with Crippen LogP contribution in [0.2, 0.25) is 0 Å². The van der Waals surface area contributed by atoms with Gasteiger partial charge in [0.2, 0.25) is 0 Å². The number of thiazole rings is 1. The molecule has 0 unspecified atom stereocenters. The molecule has 5 nitrogen and oxygen atoms in total. The number of sulfonamides is 1. The van der Waals surface area contributed by atoms with E-state index in [1.807, 2.05) is 18.2 Å². The Bertz CT molecular complexity index is 1040. The molecule has 2 aromatic carbocycles. The lowest BCUT2D eigenvalue weighted by molar-refractivity contribution is 0.540. The Hall–Kier alpha value is -2.29. The number of hydrogen-bond acceptors (Lipinski definition) is 5. The highest BCUT2D eigenvalue weighted by atomic mass is 32.2. The Labute approximate surface area is 167 Å². The Kier molecular flexibility index (Phi) is 5.43. The van der Waals surface area contributed by atoms with Crippen LogP contribution in [0, 0.1) is 11.7 Å². The van der Waals surface area contributed by atoms with Gasteiger partial charge >= 0.3 is 0 Å². The minimum atomic E-state index is -3.67. The van der Waals surface area contributed by atoms with Crippen LogP contribution < -0.4 is 9.62 Å². The van der Waals surface area contributed by atoms with Gasteiger partial charge in [0.05, 0.1) is 0 Å². The summed E-state index contributed by atoms with van der Waals surface area (Å²) in [5.74, 6) is -0.0823. The van der Waals surface area contributed by atoms with Crippen LogP contribution in [0.4, 0.5) is 10.1 Å². The van der Waals surface area contributed by atoms with Crippen LogP contribution >= 0.6 is 11.3 Å². The van der Waals surface area contributed by atoms with E-state index in [2.05, 4.69) is 26.7 Å². The molecule has 146 valence electrons. The summed E-state index contributed by atoms with van der Waals surface area (Å²) in [5, 5.41) is 2.08. The summed E-state index contributed by atoms with van der Waals surface area (Å²) in [6.07, 6.45) is 0.940. The standard InChI is InChI=1S/C20H20FN3O2S2/c21-17-8-6-16(7-9-17)20-23-19(14-27-20)28(25,26)22-12-15-10-11-24(13-15)18-4-2-1-3-5-18/h1-9,14-15,22H,10-13H2/t15-/m0/s1. The highest BCUT2D eigenvalue weighted by Gasteiger charge is 2.25. The first kappa shape index (κ1) is 19.0. The van der Waals surface area contributed by atoms with Crippen LogP contribution in [-0.4, -0.2) is 33.0 Å². The molecular weight excluding hydrogens is 397 g/mol. The molecule has 1 saturated heterocycles. The molecule has 0 amide bonds. The number of aromatic nitrogens is 1. The van der Waals surface area contributed by atoms with Gasteiger partial charge in [0.25, 0.3) is 10.0 Å². The van der Waals surface area contributed by atoms with E-state index in [-0.39, 0.29) is 16.8 Å². The molecule has 1 aliphatic rings. The average molecular weight is 418 g/mol. The first-order valence-corrected chi connectivity index (χ1v) is 11.4. The second-order valence-corrected chi connectivity index (χ2v) is 9.36. The van der Waals surface area contributed by atoms with Crippen molar-refractivity contribution in [3.05, 3.63) is 65.8 Å². The first-order valence-electron chi connectivity index (χ1n) is 9.02. The second kappa shape index (κ2) is 7.98. The molecule has 0 bridgehead atoms. The van der Waals surface area contributed by atoms with Crippen molar-refractivity contribution in [2.75, 3.05) is 24.5 Å². The lowest BCUT2D eigenvalue weighted by Gasteiger charge is -2.18. The highest BCUT2D eigenvalue weighted by molar-refractivity contribution is 7.89. The number of hydrogen-bond donors (Lipinski definition) is 1. The van der Waals surface area contributed by atoms with Crippen molar-refractivity contribution >= 4 is 27.0 Å². The van der Waals surface area contributed by atoms with E-state index >= 15 is 0 Å². The summed E-state index contributed by atoms with van der Waals surface area (Å²) >= 11 is 1.23. The third kappa shape index (κ3) is 4.24. The average Bonchev–Trinajstić information content (AvgIpc) is 3.38. The van der Waals surface area contributed by atoms with Crippen LogP contribution in [0.5, 0.6) is 0 Å². The van der Waals surface area contributed by atoms with E-state index < -0.39 is 10.0 Å². The van der Waals surface area contributed by atoms with Gasteiger partial charge in [-0.1, -0.05) is 18.2 Å². The quantitative estimate of drug-likeness (QED) is 0.664. The van der Waals surface area contributed by atoms with Crippen LogP contribution in [0.25, 0.3) is 10.6 Å². The van der Waals surface area contributed by atoms with Gasteiger partial charge in [-0.15, -0.1) is 11.3 Å². The molecule has 3 aromatic rings. The van der Waals surface area contributed by atoms with E-state index in [4.69, 9.17) is 0 Å². The number of benzene rings is 2. The van der Waals surface area contributed by atoms with E-state index in [0.29, 0.717) is 17.1 Å². The van der Waals surface area contributed by atoms with Crippen LogP contribution in [-0.2, 0) is 10.0 Å².